The molecule has 7 nitrogen and oxygen atoms in total. The number of halogens is 1. The topological polar surface area (TPSA) is 92.9 Å². The number of amides is 1. The summed E-state index contributed by atoms with van der Waals surface area (Å²) in [4.78, 5) is 17.9. The number of benzene rings is 1. The summed E-state index contributed by atoms with van der Waals surface area (Å²) in [5.74, 6) is -0.251. The molecular formula is C18H22ClN3O4S2. The molecule has 1 fully saturated rings. The summed E-state index contributed by atoms with van der Waals surface area (Å²) in [6.07, 6.45) is 0. The molecule has 2 aromatic rings. The van der Waals surface area contributed by atoms with Gasteiger partial charge in [0.05, 0.1) is 34.6 Å². The Labute approximate surface area is 173 Å². The van der Waals surface area contributed by atoms with E-state index in [1.54, 1.807) is 17.0 Å². The van der Waals surface area contributed by atoms with Crippen molar-refractivity contribution in [1.82, 2.24) is 4.90 Å². The first-order chi connectivity index (χ1) is 13.3. The lowest BCUT2D eigenvalue weighted by Crippen LogP contribution is -2.38. The third-order valence-electron chi connectivity index (χ3n) is 4.52. The van der Waals surface area contributed by atoms with Crippen LogP contribution in [0.25, 0.3) is 0 Å². The predicted molar refractivity (Wildman–Crippen MR) is 111 cm³/mol. The highest BCUT2D eigenvalue weighted by atomic mass is 35.5. The van der Waals surface area contributed by atoms with Crippen molar-refractivity contribution in [3.05, 3.63) is 45.1 Å². The molecule has 0 aliphatic carbocycles. The maximum Gasteiger partial charge on any atom is 0.256 e. The van der Waals surface area contributed by atoms with Gasteiger partial charge >= 0.3 is 0 Å². The molecule has 0 atom stereocenters. The quantitative estimate of drug-likeness (QED) is 0.740. The van der Waals surface area contributed by atoms with Crippen molar-refractivity contribution in [2.24, 2.45) is 5.14 Å². The van der Waals surface area contributed by atoms with E-state index in [1.807, 2.05) is 17.9 Å². The Bertz CT molecular complexity index is 955. The molecule has 1 saturated heterocycles. The van der Waals surface area contributed by atoms with Crippen molar-refractivity contribution in [2.75, 3.05) is 37.7 Å². The molecule has 152 valence electrons. The van der Waals surface area contributed by atoms with E-state index in [9.17, 15) is 13.2 Å². The molecule has 0 saturated carbocycles. The lowest BCUT2D eigenvalue weighted by molar-refractivity contribution is 0.0753. The summed E-state index contributed by atoms with van der Waals surface area (Å²) in [5, 5.41) is 5.29. The summed E-state index contributed by atoms with van der Waals surface area (Å²) in [6, 6.07) is 8.13. The largest absolute Gasteiger partial charge is 0.378 e. The van der Waals surface area contributed by atoms with Crippen molar-refractivity contribution in [2.45, 2.75) is 18.4 Å². The molecule has 1 aliphatic heterocycles. The van der Waals surface area contributed by atoms with Crippen LogP contribution in [0.4, 0.5) is 5.69 Å². The Kier molecular flexibility index (Phi) is 6.61. The van der Waals surface area contributed by atoms with Gasteiger partial charge in [0, 0.05) is 30.2 Å². The van der Waals surface area contributed by atoms with Gasteiger partial charge < -0.3 is 14.5 Å². The molecule has 0 unspecified atom stereocenters. The van der Waals surface area contributed by atoms with Crippen LogP contribution in [0.1, 0.15) is 22.2 Å². The Hall–Kier alpha value is -1.65. The number of anilines is 1. The van der Waals surface area contributed by atoms with Crippen LogP contribution in [0.5, 0.6) is 0 Å². The van der Waals surface area contributed by atoms with Crippen LogP contribution in [0.2, 0.25) is 4.34 Å². The third kappa shape index (κ3) is 4.84. The van der Waals surface area contributed by atoms with Crippen LogP contribution in [0, 0.1) is 0 Å². The summed E-state index contributed by atoms with van der Waals surface area (Å²) in [7, 11) is -3.92. The number of carbonyl (C=O) groups is 1. The normalized spacial score (nSPS) is 14.9. The zero-order chi connectivity index (χ0) is 20.3. The maximum absolute atomic E-state index is 13.3. The Balaban J connectivity index is 1.98. The average Bonchev–Trinajstić information content (AvgIpc) is 3.10. The average molecular weight is 444 g/mol. The second-order valence-corrected chi connectivity index (χ2v) is 9.71. The van der Waals surface area contributed by atoms with Gasteiger partial charge in [0.25, 0.3) is 5.91 Å². The molecule has 1 aliphatic rings. The molecule has 3 rings (SSSR count). The number of morpholine rings is 1. The first-order valence-electron chi connectivity index (χ1n) is 8.82. The van der Waals surface area contributed by atoms with Crippen LogP contribution in [-0.2, 0) is 21.3 Å². The minimum atomic E-state index is -3.92. The van der Waals surface area contributed by atoms with Gasteiger partial charge in [-0.2, -0.15) is 0 Å². The lowest BCUT2D eigenvalue weighted by Gasteiger charge is -2.31. The third-order valence-corrected chi connectivity index (χ3v) is 6.65. The summed E-state index contributed by atoms with van der Waals surface area (Å²) in [6.45, 7) is 5.10. The smallest absolute Gasteiger partial charge is 0.256 e. The highest BCUT2D eigenvalue weighted by Crippen LogP contribution is 2.28. The fourth-order valence-electron chi connectivity index (χ4n) is 3.07. The van der Waals surface area contributed by atoms with Gasteiger partial charge in [-0.05, 0) is 37.3 Å². The molecule has 0 radical (unpaired) electrons. The number of primary sulfonamides is 1. The number of carbonyl (C=O) groups excluding carboxylic acids is 1. The van der Waals surface area contributed by atoms with Gasteiger partial charge in [-0.25, -0.2) is 13.6 Å². The highest BCUT2D eigenvalue weighted by Gasteiger charge is 2.25. The van der Waals surface area contributed by atoms with Gasteiger partial charge in [-0.15, -0.1) is 11.3 Å². The van der Waals surface area contributed by atoms with Gasteiger partial charge in [-0.3, -0.25) is 4.79 Å². The molecule has 28 heavy (non-hydrogen) atoms. The Morgan fingerprint density at radius 3 is 2.57 bits per heavy atom. The van der Waals surface area contributed by atoms with Gasteiger partial charge in [0.15, 0.2) is 0 Å². The van der Waals surface area contributed by atoms with E-state index >= 15 is 0 Å². The molecule has 0 spiro atoms. The minimum absolute atomic E-state index is 0.0805. The van der Waals surface area contributed by atoms with Crippen molar-refractivity contribution < 1.29 is 17.9 Å². The van der Waals surface area contributed by atoms with Gasteiger partial charge in [0.1, 0.15) is 0 Å². The molecule has 2 heterocycles. The van der Waals surface area contributed by atoms with E-state index in [1.165, 1.54) is 23.5 Å². The summed E-state index contributed by atoms with van der Waals surface area (Å²) >= 11 is 7.41. The molecule has 1 aromatic heterocycles. The van der Waals surface area contributed by atoms with Crippen LogP contribution in [-0.4, -0.2) is 52.1 Å². The standard InChI is InChI=1S/C18H22ClN3O4S2/c1-2-21(12-13-3-6-17(19)27-13)18(23)15-11-14(28(20,24)25)4-5-16(15)22-7-9-26-10-8-22/h3-6,11H,2,7-10,12H2,1H3,(H2,20,24,25). The highest BCUT2D eigenvalue weighted by molar-refractivity contribution is 7.89. The number of thiophene rings is 1. The van der Waals surface area contributed by atoms with E-state index in [-0.39, 0.29) is 10.8 Å². The maximum atomic E-state index is 13.3. The van der Waals surface area contributed by atoms with E-state index in [0.717, 1.165) is 4.88 Å². The Morgan fingerprint density at radius 1 is 1.29 bits per heavy atom. The zero-order valence-corrected chi connectivity index (χ0v) is 17.8. The first kappa shape index (κ1) is 21.1. The number of hydrogen-bond acceptors (Lipinski definition) is 6. The van der Waals surface area contributed by atoms with E-state index in [4.69, 9.17) is 21.5 Å². The monoisotopic (exact) mass is 443 g/mol. The lowest BCUT2D eigenvalue weighted by atomic mass is 10.1. The first-order valence-corrected chi connectivity index (χ1v) is 11.6. The number of nitrogens with two attached hydrogens (primary N) is 1. The van der Waals surface area contributed by atoms with Crippen LogP contribution in [0.15, 0.2) is 35.2 Å². The van der Waals surface area contributed by atoms with Crippen molar-refractivity contribution >= 4 is 44.6 Å². The molecule has 0 bridgehead atoms. The van der Waals surface area contributed by atoms with Crippen LogP contribution >= 0.6 is 22.9 Å². The number of nitrogens with zero attached hydrogens (tertiary/aromatic N) is 2. The number of hydrogen-bond donors (Lipinski definition) is 1. The van der Waals surface area contributed by atoms with Crippen molar-refractivity contribution in [3.63, 3.8) is 0 Å². The van der Waals surface area contributed by atoms with Gasteiger partial charge in [0.2, 0.25) is 10.0 Å². The van der Waals surface area contributed by atoms with Crippen molar-refractivity contribution in [1.29, 1.82) is 0 Å². The zero-order valence-electron chi connectivity index (χ0n) is 15.4. The molecule has 2 N–H and O–H groups in total. The fraction of sp³-hybridized carbons (Fsp3) is 0.389. The van der Waals surface area contributed by atoms with E-state index in [2.05, 4.69) is 0 Å². The summed E-state index contributed by atoms with van der Waals surface area (Å²) < 4.78 is 29.7. The second-order valence-electron chi connectivity index (χ2n) is 6.35. The van der Waals surface area contributed by atoms with Crippen LogP contribution < -0.4 is 10.0 Å². The number of rotatable bonds is 6. The van der Waals surface area contributed by atoms with Crippen LogP contribution in [0.3, 0.4) is 0 Å². The molecule has 1 amide bonds. The summed E-state index contributed by atoms with van der Waals surface area (Å²) in [5.41, 5.74) is 1.00. The second kappa shape index (κ2) is 8.79. The fourth-order valence-corrected chi connectivity index (χ4v) is 4.71. The number of sulfonamides is 1. The Morgan fingerprint density at radius 2 is 2.00 bits per heavy atom. The van der Waals surface area contributed by atoms with E-state index in [0.29, 0.717) is 55.0 Å². The molecule has 1 aromatic carbocycles. The SMILES string of the molecule is CCN(Cc1ccc(Cl)s1)C(=O)c1cc(S(N)(=O)=O)ccc1N1CCOCC1. The molecular weight excluding hydrogens is 422 g/mol. The minimum Gasteiger partial charge on any atom is -0.378 e. The predicted octanol–water partition coefficient (Wildman–Crippen LogP) is 2.55. The van der Waals surface area contributed by atoms with Crippen molar-refractivity contribution in [3.8, 4) is 0 Å². The molecule has 10 heteroatoms. The van der Waals surface area contributed by atoms with E-state index < -0.39 is 10.0 Å². The number of ether oxygens (including phenoxy) is 1. The van der Waals surface area contributed by atoms with Gasteiger partial charge in [-0.1, -0.05) is 11.6 Å².